The summed E-state index contributed by atoms with van der Waals surface area (Å²) >= 11 is 0. The first-order valence-electron chi connectivity index (χ1n) is 6.96. The van der Waals surface area contributed by atoms with Crippen LogP contribution in [0.1, 0.15) is 51.4 Å². The zero-order chi connectivity index (χ0) is 12.1. The van der Waals surface area contributed by atoms with Crippen LogP contribution in [0.5, 0.6) is 0 Å². The fraction of sp³-hybridized carbons (Fsp3) is 0.857. The summed E-state index contributed by atoms with van der Waals surface area (Å²) in [5.41, 5.74) is 0. The minimum Gasteiger partial charge on any atom is -0.300 e. The Morgan fingerprint density at radius 2 is 2.18 bits per heavy atom. The number of hydrogen-bond donors (Lipinski definition) is 0. The second kappa shape index (κ2) is 6.16. The molecule has 1 heterocycles. The Labute approximate surface area is 104 Å². The smallest absolute Gasteiger partial charge is 0.137 e. The fourth-order valence-electron chi connectivity index (χ4n) is 3.35. The zero-order valence-electron chi connectivity index (χ0n) is 10.5. The zero-order valence-corrected chi connectivity index (χ0v) is 10.5. The number of Topliss-reactive ketones (excluding diaryl/α,β-unsaturated/α-hetero) is 1. The second-order valence-corrected chi connectivity index (χ2v) is 5.33. The van der Waals surface area contributed by atoms with E-state index in [1.54, 1.807) is 0 Å². The van der Waals surface area contributed by atoms with Crippen molar-refractivity contribution < 1.29 is 4.79 Å². The lowest BCUT2D eigenvalue weighted by Gasteiger charge is -2.28. The third-order valence-corrected chi connectivity index (χ3v) is 4.21. The molecule has 3 nitrogen and oxygen atoms in total. The molecule has 1 aliphatic carbocycles. The molecule has 0 amide bonds. The predicted octanol–water partition coefficient (Wildman–Crippen LogP) is 2.51. The highest BCUT2D eigenvalue weighted by Crippen LogP contribution is 2.33. The molecule has 2 aliphatic rings. The van der Waals surface area contributed by atoms with Crippen LogP contribution in [0.25, 0.3) is 0 Å². The van der Waals surface area contributed by atoms with E-state index in [9.17, 15) is 4.79 Å². The molecule has 2 fully saturated rings. The first kappa shape index (κ1) is 12.6. The predicted molar refractivity (Wildman–Crippen MR) is 66.4 cm³/mol. The van der Waals surface area contributed by atoms with Gasteiger partial charge in [0.2, 0.25) is 0 Å². The lowest BCUT2D eigenvalue weighted by molar-refractivity contribution is -0.122. The first-order chi connectivity index (χ1) is 8.33. The van der Waals surface area contributed by atoms with E-state index in [4.69, 9.17) is 5.26 Å². The van der Waals surface area contributed by atoms with Gasteiger partial charge < -0.3 is 0 Å². The van der Waals surface area contributed by atoms with E-state index in [0.717, 1.165) is 45.2 Å². The van der Waals surface area contributed by atoms with E-state index >= 15 is 0 Å². The van der Waals surface area contributed by atoms with Crippen molar-refractivity contribution in [3.8, 4) is 6.07 Å². The maximum Gasteiger partial charge on any atom is 0.137 e. The maximum atomic E-state index is 11.8. The summed E-state index contributed by atoms with van der Waals surface area (Å²) in [6.07, 6.45) is 8.23. The minimum absolute atomic E-state index is 0.327. The lowest BCUT2D eigenvalue weighted by Crippen LogP contribution is -2.38. The topological polar surface area (TPSA) is 44.1 Å². The van der Waals surface area contributed by atoms with E-state index in [1.165, 1.54) is 12.8 Å². The van der Waals surface area contributed by atoms with Gasteiger partial charge in [0.15, 0.2) is 0 Å². The average molecular weight is 234 g/mol. The molecule has 94 valence electrons. The largest absolute Gasteiger partial charge is 0.300 e. The molecule has 1 saturated carbocycles. The van der Waals surface area contributed by atoms with Gasteiger partial charge in [0.25, 0.3) is 0 Å². The van der Waals surface area contributed by atoms with Gasteiger partial charge in [0, 0.05) is 24.8 Å². The molecule has 2 unspecified atom stereocenters. The van der Waals surface area contributed by atoms with Crippen molar-refractivity contribution in [2.75, 3.05) is 13.1 Å². The van der Waals surface area contributed by atoms with Gasteiger partial charge in [-0.3, -0.25) is 9.69 Å². The molecule has 2 rings (SSSR count). The molecule has 17 heavy (non-hydrogen) atoms. The third-order valence-electron chi connectivity index (χ3n) is 4.21. The monoisotopic (exact) mass is 234 g/mol. The summed E-state index contributed by atoms with van der Waals surface area (Å²) < 4.78 is 0. The van der Waals surface area contributed by atoms with Crippen molar-refractivity contribution in [2.45, 2.75) is 57.4 Å². The van der Waals surface area contributed by atoms with Gasteiger partial charge >= 0.3 is 0 Å². The van der Waals surface area contributed by atoms with Crippen LogP contribution in [-0.4, -0.2) is 29.8 Å². The van der Waals surface area contributed by atoms with Crippen molar-refractivity contribution in [1.82, 2.24) is 4.90 Å². The molecule has 0 aromatic rings. The Morgan fingerprint density at radius 3 is 2.88 bits per heavy atom. The quantitative estimate of drug-likeness (QED) is 0.686. The van der Waals surface area contributed by atoms with Crippen molar-refractivity contribution in [3.63, 3.8) is 0 Å². The third kappa shape index (κ3) is 3.07. The Hall–Kier alpha value is -0.880. The molecule has 0 N–H and O–H groups in total. The SMILES string of the molecule is N#CCCCCN1CCCC1C1CCCC1=O. The molecule has 0 aromatic carbocycles. The van der Waals surface area contributed by atoms with E-state index < -0.39 is 0 Å². The number of nitriles is 1. The van der Waals surface area contributed by atoms with Crippen LogP contribution in [0.15, 0.2) is 0 Å². The molecule has 0 radical (unpaired) electrons. The highest BCUT2D eigenvalue weighted by Gasteiger charge is 2.37. The summed E-state index contributed by atoms with van der Waals surface area (Å²) in [4.78, 5) is 14.3. The summed E-state index contributed by atoms with van der Waals surface area (Å²) in [5, 5.41) is 8.51. The number of likely N-dealkylation sites (tertiary alicyclic amines) is 1. The van der Waals surface area contributed by atoms with Crippen molar-refractivity contribution in [3.05, 3.63) is 0 Å². The van der Waals surface area contributed by atoms with Gasteiger partial charge in [-0.15, -0.1) is 0 Å². The maximum absolute atomic E-state index is 11.8. The molecule has 1 saturated heterocycles. The standard InChI is InChI=1S/C14H22N2O/c15-9-2-1-3-10-16-11-5-7-13(16)12-6-4-8-14(12)17/h12-13H,1-8,10-11H2. The van der Waals surface area contributed by atoms with E-state index in [-0.39, 0.29) is 0 Å². The van der Waals surface area contributed by atoms with Crippen LogP contribution in [0.2, 0.25) is 0 Å². The van der Waals surface area contributed by atoms with Crippen LogP contribution >= 0.6 is 0 Å². The van der Waals surface area contributed by atoms with Gasteiger partial charge in [-0.05, 0) is 51.6 Å². The number of rotatable bonds is 5. The van der Waals surface area contributed by atoms with Gasteiger partial charge in [0.1, 0.15) is 5.78 Å². The molecule has 3 heteroatoms. The van der Waals surface area contributed by atoms with Crippen LogP contribution in [0.4, 0.5) is 0 Å². The Bertz CT molecular complexity index is 308. The lowest BCUT2D eigenvalue weighted by atomic mass is 9.95. The summed E-state index contributed by atoms with van der Waals surface area (Å²) in [7, 11) is 0. The van der Waals surface area contributed by atoms with Crippen LogP contribution in [-0.2, 0) is 4.79 Å². The number of carbonyl (C=O) groups is 1. The minimum atomic E-state index is 0.327. The number of ketones is 1. The summed E-state index contributed by atoms with van der Waals surface area (Å²) in [6, 6.07) is 2.71. The van der Waals surface area contributed by atoms with Crippen LogP contribution < -0.4 is 0 Å². The van der Waals surface area contributed by atoms with Crippen molar-refractivity contribution >= 4 is 5.78 Å². The average Bonchev–Trinajstić information content (AvgIpc) is 2.93. The van der Waals surface area contributed by atoms with Gasteiger partial charge in [-0.2, -0.15) is 5.26 Å². The Morgan fingerprint density at radius 1 is 1.29 bits per heavy atom. The highest BCUT2D eigenvalue weighted by atomic mass is 16.1. The molecule has 2 atom stereocenters. The molecule has 1 aliphatic heterocycles. The Balaban J connectivity index is 1.80. The summed E-state index contributed by atoms with van der Waals surface area (Å²) in [6.45, 7) is 2.23. The molecular formula is C14H22N2O. The Kier molecular flexibility index (Phi) is 4.56. The van der Waals surface area contributed by atoms with Crippen molar-refractivity contribution in [2.24, 2.45) is 5.92 Å². The fourth-order valence-corrected chi connectivity index (χ4v) is 3.35. The molecule has 0 spiro atoms. The van der Waals surface area contributed by atoms with Crippen LogP contribution in [0, 0.1) is 17.2 Å². The first-order valence-corrected chi connectivity index (χ1v) is 6.96. The molecule has 0 bridgehead atoms. The number of carbonyl (C=O) groups excluding carboxylic acids is 1. The number of hydrogen-bond acceptors (Lipinski definition) is 3. The van der Waals surface area contributed by atoms with Gasteiger partial charge in [-0.1, -0.05) is 0 Å². The number of nitrogens with zero attached hydrogens (tertiary/aromatic N) is 2. The van der Waals surface area contributed by atoms with Gasteiger partial charge in [-0.25, -0.2) is 0 Å². The number of unbranched alkanes of at least 4 members (excludes halogenated alkanes) is 2. The van der Waals surface area contributed by atoms with Crippen LogP contribution in [0.3, 0.4) is 0 Å². The van der Waals surface area contributed by atoms with E-state index in [1.807, 2.05) is 0 Å². The van der Waals surface area contributed by atoms with Crippen molar-refractivity contribution in [1.29, 1.82) is 5.26 Å². The molecular weight excluding hydrogens is 212 g/mol. The molecule has 0 aromatic heterocycles. The normalized spacial score (nSPS) is 29.7. The highest BCUT2D eigenvalue weighted by molar-refractivity contribution is 5.83. The van der Waals surface area contributed by atoms with E-state index in [2.05, 4.69) is 11.0 Å². The van der Waals surface area contributed by atoms with Gasteiger partial charge in [0.05, 0.1) is 6.07 Å². The second-order valence-electron chi connectivity index (χ2n) is 5.33. The summed E-state index contributed by atoms with van der Waals surface area (Å²) in [5.74, 6) is 0.826. The van der Waals surface area contributed by atoms with E-state index in [0.29, 0.717) is 24.2 Å².